The zero-order valence-corrected chi connectivity index (χ0v) is 18.7. The molecule has 3 fully saturated rings. The Morgan fingerprint density at radius 2 is 1.64 bits per heavy atom. The number of ether oxygens (including phenoxy) is 1. The van der Waals surface area contributed by atoms with Gasteiger partial charge in [-0.25, -0.2) is 4.90 Å². The molecule has 0 radical (unpaired) electrons. The molecule has 0 spiro atoms. The highest BCUT2D eigenvalue weighted by Gasteiger charge is 2.48. The Balaban J connectivity index is 1.30. The Labute approximate surface area is 196 Å². The summed E-state index contributed by atoms with van der Waals surface area (Å²) >= 11 is 6.21. The summed E-state index contributed by atoms with van der Waals surface area (Å²) in [5.74, 6) is -2.00. The van der Waals surface area contributed by atoms with E-state index in [2.05, 4.69) is 0 Å². The number of imide groups is 1. The smallest absolute Gasteiger partial charge is 0.316 e. The Morgan fingerprint density at radius 1 is 0.939 bits per heavy atom. The molecule has 2 heterocycles. The average Bonchev–Trinajstić information content (AvgIpc) is 3.32. The summed E-state index contributed by atoms with van der Waals surface area (Å²) in [6.45, 7) is 0.174. The number of anilines is 2. The molecule has 8 heteroatoms. The molecule has 3 atom stereocenters. The number of esters is 1. The monoisotopic (exact) mass is 466 g/mol. The van der Waals surface area contributed by atoms with Gasteiger partial charge in [0, 0.05) is 19.0 Å². The van der Waals surface area contributed by atoms with Gasteiger partial charge in [0.05, 0.1) is 34.2 Å². The highest BCUT2D eigenvalue weighted by atomic mass is 35.5. The lowest BCUT2D eigenvalue weighted by Gasteiger charge is -2.19. The molecule has 2 saturated heterocycles. The largest absolute Gasteiger partial charge is 0.426 e. The van der Waals surface area contributed by atoms with Crippen LogP contribution in [0.15, 0.2) is 48.5 Å². The van der Waals surface area contributed by atoms with Crippen LogP contribution in [0.4, 0.5) is 11.4 Å². The van der Waals surface area contributed by atoms with Gasteiger partial charge >= 0.3 is 5.97 Å². The van der Waals surface area contributed by atoms with Crippen molar-refractivity contribution in [2.75, 3.05) is 16.3 Å². The first-order chi connectivity index (χ1) is 15.9. The highest BCUT2D eigenvalue weighted by Crippen LogP contribution is 2.40. The van der Waals surface area contributed by atoms with Crippen LogP contribution in [0.2, 0.25) is 5.02 Å². The molecule has 0 unspecified atom stereocenters. The van der Waals surface area contributed by atoms with Crippen molar-refractivity contribution >= 4 is 46.7 Å². The molecule has 0 bridgehead atoms. The van der Waals surface area contributed by atoms with Crippen LogP contribution in [-0.4, -0.2) is 30.2 Å². The fourth-order valence-electron chi connectivity index (χ4n) is 5.07. The molecular weight excluding hydrogens is 444 g/mol. The van der Waals surface area contributed by atoms with E-state index in [0.29, 0.717) is 16.4 Å². The van der Waals surface area contributed by atoms with Crippen LogP contribution >= 0.6 is 11.6 Å². The lowest BCUT2D eigenvalue weighted by molar-refractivity contribution is -0.139. The summed E-state index contributed by atoms with van der Waals surface area (Å²) in [5, 5.41) is 0.438. The molecule has 33 heavy (non-hydrogen) atoms. The third-order valence-electron chi connectivity index (χ3n) is 6.74. The van der Waals surface area contributed by atoms with Crippen LogP contribution in [0.5, 0.6) is 5.75 Å². The van der Waals surface area contributed by atoms with E-state index in [-0.39, 0.29) is 48.3 Å². The van der Waals surface area contributed by atoms with Crippen molar-refractivity contribution in [2.45, 2.75) is 32.1 Å². The molecule has 7 nitrogen and oxygen atoms in total. The zero-order valence-electron chi connectivity index (χ0n) is 17.9. The first-order valence-electron chi connectivity index (χ1n) is 11.2. The summed E-state index contributed by atoms with van der Waals surface area (Å²) in [4.78, 5) is 53.8. The molecule has 3 aliphatic rings. The molecule has 2 aromatic carbocycles. The van der Waals surface area contributed by atoms with E-state index in [9.17, 15) is 19.2 Å². The van der Waals surface area contributed by atoms with Crippen LogP contribution < -0.4 is 14.5 Å². The fourth-order valence-corrected chi connectivity index (χ4v) is 5.31. The number of amides is 3. The quantitative estimate of drug-likeness (QED) is 0.386. The van der Waals surface area contributed by atoms with Crippen LogP contribution in [0, 0.1) is 17.8 Å². The molecule has 5 rings (SSSR count). The van der Waals surface area contributed by atoms with Crippen molar-refractivity contribution in [1.29, 1.82) is 0 Å². The van der Waals surface area contributed by atoms with E-state index in [1.807, 2.05) is 0 Å². The van der Waals surface area contributed by atoms with Gasteiger partial charge in [-0.3, -0.25) is 19.2 Å². The standard InChI is InChI=1S/C25H23ClN2O5/c26-20-10-3-4-11-21(20)27-14-15(12-22(27)29)25(32)33-17-7-5-6-16(13-17)28-23(30)18-8-1-2-9-19(18)24(28)31/h3-7,10-11,13,15,18-19H,1-2,8-9,12,14H2/t15-,18-,19+/m0/s1. The highest BCUT2D eigenvalue weighted by molar-refractivity contribution is 6.34. The second kappa shape index (κ2) is 8.63. The second-order valence-electron chi connectivity index (χ2n) is 8.78. The van der Waals surface area contributed by atoms with Gasteiger partial charge < -0.3 is 9.64 Å². The molecule has 2 aromatic rings. The maximum atomic E-state index is 12.9. The number of para-hydroxylation sites is 1. The summed E-state index contributed by atoms with van der Waals surface area (Å²) < 4.78 is 5.55. The number of halogens is 1. The third kappa shape index (κ3) is 3.91. The number of carbonyl (C=O) groups excluding carboxylic acids is 4. The number of fused-ring (bicyclic) bond motifs is 1. The van der Waals surface area contributed by atoms with Gasteiger partial charge in [-0.1, -0.05) is 42.6 Å². The molecule has 1 aliphatic carbocycles. The SMILES string of the molecule is O=C(Oc1cccc(N2C(=O)[C@H]3CCCC[C@H]3C2=O)c1)[C@H]1CC(=O)N(c2ccccc2Cl)C1. The number of nitrogens with zero attached hydrogens (tertiary/aromatic N) is 2. The Bertz CT molecular complexity index is 1130. The van der Waals surface area contributed by atoms with E-state index in [4.69, 9.17) is 16.3 Å². The first-order valence-corrected chi connectivity index (χ1v) is 11.6. The van der Waals surface area contributed by atoms with Gasteiger partial charge in [0.15, 0.2) is 0 Å². The van der Waals surface area contributed by atoms with Crippen molar-refractivity contribution in [3.63, 3.8) is 0 Å². The topological polar surface area (TPSA) is 84.0 Å². The van der Waals surface area contributed by atoms with Crippen LogP contribution in [-0.2, 0) is 19.2 Å². The van der Waals surface area contributed by atoms with Gasteiger partial charge in [0.2, 0.25) is 17.7 Å². The minimum atomic E-state index is -0.643. The number of hydrogen-bond donors (Lipinski definition) is 0. The summed E-state index contributed by atoms with van der Waals surface area (Å²) in [6.07, 6.45) is 3.40. The van der Waals surface area contributed by atoms with E-state index < -0.39 is 11.9 Å². The van der Waals surface area contributed by atoms with Crippen molar-refractivity contribution < 1.29 is 23.9 Å². The van der Waals surface area contributed by atoms with Gasteiger partial charge in [0.1, 0.15) is 5.75 Å². The van der Waals surface area contributed by atoms with E-state index >= 15 is 0 Å². The van der Waals surface area contributed by atoms with Gasteiger partial charge in [-0.05, 0) is 37.1 Å². The molecule has 3 amide bonds. The Hall–Kier alpha value is -3.19. The number of rotatable bonds is 4. The lowest BCUT2D eigenvalue weighted by Crippen LogP contribution is -2.31. The molecule has 0 N–H and O–H groups in total. The number of benzene rings is 2. The molecular formula is C25H23ClN2O5. The van der Waals surface area contributed by atoms with Crippen molar-refractivity contribution in [3.8, 4) is 5.75 Å². The first kappa shape index (κ1) is 21.6. The van der Waals surface area contributed by atoms with Crippen molar-refractivity contribution in [1.82, 2.24) is 0 Å². The van der Waals surface area contributed by atoms with Gasteiger partial charge in [0.25, 0.3) is 0 Å². The molecule has 0 aromatic heterocycles. The third-order valence-corrected chi connectivity index (χ3v) is 7.06. The molecule has 170 valence electrons. The van der Waals surface area contributed by atoms with E-state index in [1.165, 1.54) is 15.9 Å². The maximum Gasteiger partial charge on any atom is 0.316 e. The van der Waals surface area contributed by atoms with Crippen molar-refractivity contribution in [3.05, 3.63) is 53.6 Å². The second-order valence-corrected chi connectivity index (χ2v) is 9.19. The zero-order chi connectivity index (χ0) is 23.1. The minimum Gasteiger partial charge on any atom is -0.426 e. The maximum absolute atomic E-state index is 12.9. The summed E-state index contributed by atoms with van der Waals surface area (Å²) in [7, 11) is 0. The molecule has 1 saturated carbocycles. The van der Waals surface area contributed by atoms with Gasteiger partial charge in [-0.2, -0.15) is 0 Å². The number of hydrogen-bond acceptors (Lipinski definition) is 5. The molecule has 2 aliphatic heterocycles. The van der Waals surface area contributed by atoms with Crippen molar-refractivity contribution in [2.24, 2.45) is 17.8 Å². The fraction of sp³-hybridized carbons (Fsp3) is 0.360. The normalized spacial score (nSPS) is 24.9. The van der Waals surface area contributed by atoms with Crippen LogP contribution in [0.3, 0.4) is 0 Å². The van der Waals surface area contributed by atoms with E-state index in [0.717, 1.165) is 25.7 Å². The van der Waals surface area contributed by atoms with Gasteiger partial charge in [-0.15, -0.1) is 0 Å². The predicted molar refractivity (Wildman–Crippen MR) is 122 cm³/mol. The lowest BCUT2D eigenvalue weighted by atomic mass is 9.81. The number of carbonyl (C=O) groups is 4. The average molecular weight is 467 g/mol. The van der Waals surface area contributed by atoms with Crippen LogP contribution in [0.25, 0.3) is 0 Å². The summed E-state index contributed by atoms with van der Waals surface area (Å²) in [5.41, 5.74) is 0.971. The van der Waals surface area contributed by atoms with Crippen LogP contribution in [0.1, 0.15) is 32.1 Å². The minimum absolute atomic E-state index is 0.0240. The Morgan fingerprint density at radius 3 is 2.33 bits per heavy atom. The van der Waals surface area contributed by atoms with E-state index in [1.54, 1.807) is 42.5 Å². The Kier molecular flexibility index (Phi) is 5.66. The predicted octanol–water partition coefficient (Wildman–Crippen LogP) is 3.98. The summed E-state index contributed by atoms with van der Waals surface area (Å²) in [6, 6.07) is 13.4.